The van der Waals surface area contributed by atoms with E-state index in [4.69, 9.17) is 19.8 Å². The smallest absolute Gasteiger partial charge is 0.339 e. The molecule has 1 aliphatic rings. The number of amidine groups is 1. The van der Waals surface area contributed by atoms with E-state index < -0.39 is 28.3 Å². The van der Waals surface area contributed by atoms with Gasteiger partial charge in [-0.3, -0.25) is 4.78 Å². The third-order valence-corrected chi connectivity index (χ3v) is 6.47. The molecule has 0 radical (unpaired) electrons. The number of ether oxygens (including phenoxy) is 1. The summed E-state index contributed by atoms with van der Waals surface area (Å²) in [5.41, 5.74) is 1.93. The lowest BCUT2D eigenvalue weighted by Crippen LogP contribution is -2.36. The van der Waals surface area contributed by atoms with E-state index in [9.17, 15) is 9.90 Å². The Labute approximate surface area is 199 Å². The summed E-state index contributed by atoms with van der Waals surface area (Å²) in [6.07, 6.45) is -1.38. The summed E-state index contributed by atoms with van der Waals surface area (Å²) in [7, 11) is -1.25. The molecule has 0 saturated carbocycles. The molecule has 1 aliphatic heterocycles. The molecule has 2 unspecified atom stereocenters. The molecule has 3 aromatic rings. The summed E-state index contributed by atoms with van der Waals surface area (Å²) in [4.78, 5) is 16.9. The maximum Gasteiger partial charge on any atom is 0.339 e. The van der Waals surface area contributed by atoms with Crippen LogP contribution in [0.5, 0.6) is 0 Å². The number of carboxylic acids is 1. The summed E-state index contributed by atoms with van der Waals surface area (Å²) >= 11 is 0. The van der Waals surface area contributed by atoms with Gasteiger partial charge in [0.25, 0.3) is 0 Å². The molecule has 1 heterocycles. The van der Waals surface area contributed by atoms with Crippen molar-refractivity contribution in [2.75, 3.05) is 6.61 Å². The fourth-order valence-electron chi connectivity index (χ4n) is 3.89. The number of nitriles is 1. The number of aliphatic imine (C=N–C) groups is 1. The Kier molecular flexibility index (Phi) is 6.97. The summed E-state index contributed by atoms with van der Waals surface area (Å²) in [5.74, 6) is -1.24. The van der Waals surface area contributed by atoms with Crippen molar-refractivity contribution >= 4 is 21.8 Å². The molecule has 8 heteroatoms. The van der Waals surface area contributed by atoms with E-state index in [2.05, 4.69) is 5.32 Å². The molecule has 0 bridgehead atoms. The van der Waals surface area contributed by atoms with Crippen LogP contribution in [0.2, 0.25) is 0 Å². The average Bonchev–Trinajstić information content (AvgIpc) is 3.23. The first-order chi connectivity index (χ1) is 16.6. The van der Waals surface area contributed by atoms with Crippen LogP contribution in [0, 0.1) is 16.1 Å². The van der Waals surface area contributed by atoms with Crippen molar-refractivity contribution in [1.29, 1.82) is 10.0 Å². The van der Waals surface area contributed by atoms with Gasteiger partial charge in [-0.15, -0.1) is 0 Å². The Morgan fingerprint density at radius 2 is 1.47 bits per heavy atom. The van der Waals surface area contributed by atoms with Gasteiger partial charge in [-0.1, -0.05) is 91.0 Å². The van der Waals surface area contributed by atoms with Crippen LogP contribution in [0.15, 0.2) is 107 Å². The molecule has 0 amide bonds. The highest BCUT2D eigenvalue weighted by Gasteiger charge is 2.38. The summed E-state index contributed by atoms with van der Waals surface area (Å²) in [6.45, 7) is -0.379. The minimum Gasteiger partial charge on any atom is -0.479 e. The van der Waals surface area contributed by atoms with Crippen LogP contribution < -0.4 is 5.32 Å². The predicted molar refractivity (Wildman–Crippen MR) is 131 cm³/mol. The largest absolute Gasteiger partial charge is 0.479 e. The van der Waals surface area contributed by atoms with E-state index in [1.165, 1.54) is 5.41 Å². The minimum atomic E-state index is -1.38. The Balaban J connectivity index is 1.89. The van der Waals surface area contributed by atoms with Gasteiger partial charge in [0.15, 0.2) is 11.3 Å². The van der Waals surface area contributed by atoms with Gasteiger partial charge in [-0.2, -0.15) is 5.26 Å². The molecule has 34 heavy (non-hydrogen) atoms. The molecule has 170 valence electrons. The second-order valence-electron chi connectivity index (χ2n) is 7.45. The summed E-state index contributed by atoms with van der Waals surface area (Å²) < 4.78 is 13.8. The van der Waals surface area contributed by atoms with Gasteiger partial charge in [-0.05, 0) is 27.4 Å². The number of benzene rings is 3. The molecular weight excluding hydrogens is 448 g/mol. The average molecular weight is 471 g/mol. The van der Waals surface area contributed by atoms with Crippen LogP contribution in [-0.2, 0) is 25.8 Å². The zero-order valence-electron chi connectivity index (χ0n) is 18.1. The number of nitrogens with one attached hydrogen (secondary N) is 2. The number of hydrogen-bond acceptors (Lipinski definition) is 5. The second kappa shape index (κ2) is 10.3. The maximum absolute atomic E-state index is 11.7. The highest BCUT2D eigenvalue weighted by Crippen LogP contribution is 2.41. The van der Waals surface area contributed by atoms with Gasteiger partial charge in [0.1, 0.15) is 12.1 Å². The number of aliphatic carboxylic acids is 1. The number of carboxylic acid groups (broad SMARTS) is 1. The fraction of sp³-hybridized carbons (Fsp3) is 0.115. The van der Waals surface area contributed by atoms with Crippen molar-refractivity contribution in [3.8, 4) is 6.07 Å². The van der Waals surface area contributed by atoms with E-state index in [0.29, 0.717) is 5.17 Å². The van der Waals surface area contributed by atoms with Crippen LogP contribution in [0.3, 0.4) is 0 Å². The lowest BCUT2D eigenvalue weighted by Gasteiger charge is -2.32. The van der Waals surface area contributed by atoms with Crippen molar-refractivity contribution in [2.24, 2.45) is 4.99 Å². The van der Waals surface area contributed by atoms with E-state index in [1.54, 1.807) is 6.07 Å². The number of nitrogens with zero attached hydrogens (tertiary/aromatic N) is 2. The maximum atomic E-state index is 11.7. The predicted octanol–water partition coefficient (Wildman–Crippen LogP) is 4.15. The molecule has 4 rings (SSSR count). The van der Waals surface area contributed by atoms with Crippen molar-refractivity contribution < 1.29 is 14.6 Å². The second-order valence-corrected chi connectivity index (χ2v) is 8.75. The molecule has 0 spiro atoms. The SMILES string of the molecule is N#CCOC(C(=O)O)C1=CS(=N)C(=NC(c2ccccc2)(c2ccccc2)c2ccccc2)N1. The zero-order chi connectivity index (χ0) is 24.0. The van der Waals surface area contributed by atoms with Crippen molar-refractivity contribution in [2.45, 2.75) is 11.6 Å². The molecule has 7 nitrogen and oxygen atoms in total. The van der Waals surface area contributed by atoms with E-state index in [1.807, 2.05) is 91.0 Å². The van der Waals surface area contributed by atoms with Gasteiger partial charge in [0.05, 0.1) is 11.8 Å². The van der Waals surface area contributed by atoms with Crippen molar-refractivity contribution in [1.82, 2.24) is 5.32 Å². The normalized spacial score (nSPS) is 17.4. The third kappa shape index (κ3) is 4.53. The van der Waals surface area contributed by atoms with Crippen LogP contribution in [-0.4, -0.2) is 29.0 Å². The molecule has 0 aliphatic carbocycles. The Hall–Kier alpha value is -4.06. The first-order valence-electron chi connectivity index (χ1n) is 10.5. The van der Waals surface area contributed by atoms with Gasteiger partial charge in [-0.25, -0.2) is 9.79 Å². The highest BCUT2D eigenvalue weighted by atomic mass is 32.2. The van der Waals surface area contributed by atoms with Crippen molar-refractivity contribution in [3.05, 3.63) is 119 Å². The van der Waals surface area contributed by atoms with Crippen LogP contribution in [0.1, 0.15) is 16.7 Å². The lowest BCUT2D eigenvalue weighted by atomic mass is 9.77. The molecule has 2 atom stereocenters. The number of hydrogen-bond donors (Lipinski definition) is 3. The van der Waals surface area contributed by atoms with Crippen LogP contribution >= 0.6 is 0 Å². The first-order valence-corrected chi connectivity index (χ1v) is 11.8. The van der Waals surface area contributed by atoms with Gasteiger partial charge >= 0.3 is 5.97 Å². The summed E-state index contributed by atoms with van der Waals surface area (Å²) in [5, 5.41) is 23.2. The Bertz CT molecular complexity index is 1190. The van der Waals surface area contributed by atoms with Gasteiger partial charge < -0.3 is 15.2 Å². The quantitative estimate of drug-likeness (QED) is 0.427. The topological polar surface area (TPSA) is 119 Å². The first kappa shape index (κ1) is 23.1. The van der Waals surface area contributed by atoms with E-state index in [-0.39, 0.29) is 12.3 Å². The molecule has 0 fully saturated rings. The van der Waals surface area contributed by atoms with Crippen LogP contribution in [0.25, 0.3) is 0 Å². The number of rotatable bonds is 8. The molecule has 0 saturated heterocycles. The Morgan fingerprint density at radius 1 is 1.00 bits per heavy atom. The van der Waals surface area contributed by atoms with E-state index in [0.717, 1.165) is 16.7 Å². The van der Waals surface area contributed by atoms with Crippen molar-refractivity contribution in [3.63, 3.8) is 0 Å². The molecule has 3 N–H and O–H groups in total. The fourth-order valence-corrected chi connectivity index (χ4v) is 4.91. The van der Waals surface area contributed by atoms with Gasteiger partial charge in [0, 0.05) is 5.41 Å². The zero-order valence-corrected chi connectivity index (χ0v) is 18.9. The van der Waals surface area contributed by atoms with Gasteiger partial charge in [0.2, 0.25) is 0 Å². The Morgan fingerprint density at radius 3 is 1.88 bits per heavy atom. The molecule has 3 aromatic carbocycles. The molecular formula is C26H22N4O3S. The molecule has 0 aromatic heterocycles. The lowest BCUT2D eigenvalue weighted by molar-refractivity contribution is -0.147. The van der Waals surface area contributed by atoms with Crippen LogP contribution in [0.4, 0.5) is 0 Å². The monoisotopic (exact) mass is 470 g/mol. The summed E-state index contributed by atoms with van der Waals surface area (Å²) in [6, 6.07) is 31.2. The number of carbonyl (C=O) groups is 1. The van der Waals surface area contributed by atoms with E-state index >= 15 is 0 Å². The highest BCUT2D eigenvalue weighted by molar-refractivity contribution is 8.04. The standard InChI is InChI=1S/C26H22N4O3S/c27-16-17-33-23(24(31)32)22-18-34(28)25(29-22)30-26(19-10-4-1-5-11-19,20-12-6-2-7-13-20)21-14-8-3-9-15-21/h1-15,18,23,28H,17H2,(H,29,30)(H,31,32). The third-order valence-electron chi connectivity index (χ3n) is 5.37. The minimum absolute atomic E-state index is 0.197.